The van der Waals surface area contributed by atoms with E-state index in [1.807, 2.05) is 0 Å². The predicted octanol–water partition coefficient (Wildman–Crippen LogP) is 5.58. The number of methoxy groups -OCH3 is 1. The Morgan fingerprint density at radius 2 is 2.00 bits per heavy atom. The normalized spacial score (nSPS) is 11.4. The van der Waals surface area contributed by atoms with Gasteiger partial charge in [0, 0.05) is 10.6 Å². The zero-order chi connectivity index (χ0) is 26.1. The molecule has 0 aliphatic rings. The number of carbonyl (C=O) groups is 1. The first-order valence-corrected chi connectivity index (χ1v) is 12.0. The van der Waals surface area contributed by atoms with Crippen LogP contribution in [0.1, 0.15) is 5.56 Å². The molecule has 9 nitrogen and oxygen atoms in total. The van der Waals surface area contributed by atoms with Crippen LogP contribution in [-0.2, 0) is 4.79 Å². The summed E-state index contributed by atoms with van der Waals surface area (Å²) in [6.45, 7) is -0.579. The molecule has 0 unspecified atom stereocenters. The van der Waals surface area contributed by atoms with Crippen molar-refractivity contribution in [1.29, 1.82) is 0 Å². The molecule has 0 spiro atoms. The Balaban J connectivity index is 1.71. The number of furan rings is 1. The third-order valence-corrected chi connectivity index (χ3v) is 6.21. The number of halogens is 2. The van der Waals surface area contributed by atoms with E-state index in [9.17, 15) is 9.59 Å². The number of aromatic nitrogens is 2. The van der Waals surface area contributed by atoms with Gasteiger partial charge in [0.2, 0.25) is 5.82 Å². The van der Waals surface area contributed by atoms with Crippen molar-refractivity contribution in [1.82, 2.24) is 9.66 Å². The van der Waals surface area contributed by atoms with Gasteiger partial charge in [-0.2, -0.15) is 9.78 Å². The summed E-state index contributed by atoms with van der Waals surface area (Å²) in [6, 6.07) is 17.1. The van der Waals surface area contributed by atoms with Gasteiger partial charge in [0.25, 0.3) is 5.56 Å². The van der Waals surface area contributed by atoms with Gasteiger partial charge in [-0.15, -0.1) is 0 Å². The molecule has 0 aliphatic heterocycles. The first-order chi connectivity index (χ1) is 17.9. The van der Waals surface area contributed by atoms with E-state index in [4.69, 9.17) is 30.6 Å². The third kappa shape index (κ3) is 4.81. The highest BCUT2D eigenvalue weighted by Gasteiger charge is 2.18. The van der Waals surface area contributed by atoms with Crippen LogP contribution in [0.4, 0.5) is 0 Å². The highest BCUT2D eigenvalue weighted by atomic mass is 79.9. The maximum atomic E-state index is 13.5. The molecule has 0 bridgehead atoms. The molecule has 2 aromatic heterocycles. The molecule has 1 N–H and O–H groups in total. The molecule has 37 heavy (non-hydrogen) atoms. The molecule has 186 valence electrons. The van der Waals surface area contributed by atoms with E-state index >= 15 is 0 Å². The summed E-state index contributed by atoms with van der Waals surface area (Å²) < 4.78 is 18.4. The average molecular weight is 583 g/mol. The second kappa shape index (κ2) is 10.1. The second-order valence-electron chi connectivity index (χ2n) is 7.79. The van der Waals surface area contributed by atoms with Crippen LogP contribution >= 0.6 is 27.5 Å². The Labute approximate surface area is 222 Å². The van der Waals surface area contributed by atoms with Gasteiger partial charge in [0.1, 0.15) is 17.1 Å². The summed E-state index contributed by atoms with van der Waals surface area (Å²) in [5.74, 6) is 0.116. The van der Waals surface area contributed by atoms with E-state index in [2.05, 4.69) is 26.0 Å². The smallest absolute Gasteiger partial charge is 0.341 e. The number of aliphatic carboxylic acids is 1. The molecular formula is C26H17BrClN3O6. The first-order valence-electron chi connectivity index (χ1n) is 10.8. The van der Waals surface area contributed by atoms with Crippen LogP contribution in [-0.4, -0.2) is 40.7 Å². The fourth-order valence-electron chi connectivity index (χ4n) is 3.79. The summed E-state index contributed by atoms with van der Waals surface area (Å²) in [7, 11) is 1.56. The van der Waals surface area contributed by atoms with Crippen LogP contribution in [0.2, 0.25) is 5.02 Å². The summed E-state index contributed by atoms with van der Waals surface area (Å²) in [6.07, 6.45) is 1.35. The summed E-state index contributed by atoms with van der Waals surface area (Å²) in [4.78, 5) is 29.2. The molecule has 5 aromatic rings. The number of para-hydroxylation sites is 1. The highest BCUT2D eigenvalue weighted by molar-refractivity contribution is 9.10. The van der Waals surface area contributed by atoms with Crippen LogP contribution < -0.4 is 15.0 Å². The highest BCUT2D eigenvalue weighted by Crippen LogP contribution is 2.34. The van der Waals surface area contributed by atoms with Crippen LogP contribution in [0.25, 0.3) is 33.5 Å². The molecule has 3 aromatic carbocycles. The molecule has 0 aliphatic carbocycles. The molecule has 0 saturated carbocycles. The number of benzene rings is 3. The maximum Gasteiger partial charge on any atom is 0.341 e. The minimum absolute atomic E-state index is 0.160. The fourth-order valence-corrected chi connectivity index (χ4v) is 4.74. The SMILES string of the molecule is COc1cccc2oc(-c3nc4ccccc4c(=O)n3N=Cc3cc(Cl)cc(Br)c3OCC(=O)O)cc12. The molecule has 11 heteroatoms. The number of ether oxygens (including phenoxy) is 2. The van der Waals surface area contributed by atoms with Gasteiger partial charge in [-0.1, -0.05) is 29.8 Å². The topological polar surface area (TPSA) is 116 Å². The number of hydrogen-bond acceptors (Lipinski definition) is 7. The van der Waals surface area contributed by atoms with Gasteiger partial charge in [0.15, 0.2) is 12.4 Å². The van der Waals surface area contributed by atoms with Gasteiger partial charge in [-0.05, 0) is 58.4 Å². The summed E-state index contributed by atoms with van der Waals surface area (Å²) in [5, 5.41) is 14.9. The minimum Gasteiger partial charge on any atom is -0.496 e. The number of carboxylic acid groups (broad SMARTS) is 1. The number of nitrogens with zero attached hydrogens (tertiary/aromatic N) is 3. The van der Waals surface area contributed by atoms with Crippen molar-refractivity contribution in [2.45, 2.75) is 0 Å². The van der Waals surface area contributed by atoms with Crippen molar-refractivity contribution >= 4 is 61.6 Å². The van der Waals surface area contributed by atoms with E-state index in [0.717, 1.165) is 4.68 Å². The van der Waals surface area contributed by atoms with E-state index in [0.29, 0.717) is 48.4 Å². The lowest BCUT2D eigenvalue weighted by molar-refractivity contribution is -0.139. The second-order valence-corrected chi connectivity index (χ2v) is 9.08. The maximum absolute atomic E-state index is 13.5. The average Bonchev–Trinajstić information content (AvgIpc) is 3.31. The molecule has 5 rings (SSSR count). The van der Waals surface area contributed by atoms with Crippen LogP contribution in [0.5, 0.6) is 11.5 Å². The zero-order valence-corrected chi connectivity index (χ0v) is 21.5. The van der Waals surface area contributed by atoms with Crippen molar-refractivity contribution in [3.8, 4) is 23.1 Å². The molecule has 0 atom stereocenters. The van der Waals surface area contributed by atoms with Crippen molar-refractivity contribution in [3.63, 3.8) is 0 Å². The predicted molar refractivity (Wildman–Crippen MR) is 143 cm³/mol. The third-order valence-electron chi connectivity index (χ3n) is 5.40. The van der Waals surface area contributed by atoms with Gasteiger partial charge in [-0.3, -0.25) is 4.79 Å². The lowest BCUT2D eigenvalue weighted by Gasteiger charge is -2.11. The first kappa shape index (κ1) is 24.5. The van der Waals surface area contributed by atoms with Crippen LogP contribution in [0.3, 0.4) is 0 Å². The Bertz CT molecular complexity index is 1760. The van der Waals surface area contributed by atoms with E-state index < -0.39 is 18.1 Å². The zero-order valence-electron chi connectivity index (χ0n) is 19.1. The van der Waals surface area contributed by atoms with Gasteiger partial charge in [-0.25, -0.2) is 9.78 Å². The Morgan fingerprint density at radius 1 is 1.19 bits per heavy atom. The Hall–Kier alpha value is -4.15. The van der Waals surface area contributed by atoms with Crippen molar-refractivity contribution in [2.24, 2.45) is 5.10 Å². The Morgan fingerprint density at radius 3 is 2.78 bits per heavy atom. The molecule has 0 fully saturated rings. The van der Waals surface area contributed by atoms with E-state index in [-0.39, 0.29) is 11.6 Å². The number of hydrogen-bond donors (Lipinski definition) is 1. The van der Waals surface area contributed by atoms with Gasteiger partial charge < -0.3 is 19.0 Å². The van der Waals surface area contributed by atoms with Crippen molar-refractivity contribution in [2.75, 3.05) is 13.7 Å². The largest absolute Gasteiger partial charge is 0.496 e. The van der Waals surface area contributed by atoms with Crippen LogP contribution in [0, 0.1) is 0 Å². The number of carboxylic acids is 1. The molecule has 0 saturated heterocycles. The molecule has 0 amide bonds. The van der Waals surface area contributed by atoms with Crippen LogP contribution in [0.15, 0.2) is 79.4 Å². The Kier molecular flexibility index (Phi) is 6.68. The fraction of sp³-hybridized carbons (Fsp3) is 0.0769. The standard InChI is InChI=1S/C26H17BrClN3O6/c1-35-20-7-4-8-21-17(20)11-22(37-21)25-30-19-6-3-2-5-16(19)26(34)31(25)29-12-14-9-15(28)10-18(27)24(14)36-13-23(32)33/h2-12H,13H2,1H3,(H,32,33). The number of fused-ring (bicyclic) bond motifs is 2. The lowest BCUT2D eigenvalue weighted by Crippen LogP contribution is -2.20. The van der Waals surface area contributed by atoms with E-state index in [1.165, 1.54) is 12.3 Å². The molecule has 2 heterocycles. The lowest BCUT2D eigenvalue weighted by atomic mass is 10.2. The summed E-state index contributed by atoms with van der Waals surface area (Å²) in [5.41, 5.74) is 0.934. The minimum atomic E-state index is -1.15. The van der Waals surface area contributed by atoms with Gasteiger partial charge >= 0.3 is 5.97 Å². The van der Waals surface area contributed by atoms with Gasteiger partial charge in [0.05, 0.1) is 34.1 Å². The van der Waals surface area contributed by atoms with Crippen molar-refractivity contribution in [3.05, 3.63) is 86.1 Å². The molecular weight excluding hydrogens is 566 g/mol. The van der Waals surface area contributed by atoms with E-state index in [1.54, 1.807) is 61.7 Å². The quantitative estimate of drug-likeness (QED) is 0.249. The molecule has 0 radical (unpaired) electrons. The monoisotopic (exact) mass is 581 g/mol. The number of rotatable bonds is 7. The summed E-state index contributed by atoms with van der Waals surface area (Å²) >= 11 is 9.54. The van der Waals surface area contributed by atoms with Crippen molar-refractivity contribution < 1.29 is 23.8 Å².